The summed E-state index contributed by atoms with van der Waals surface area (Å²) in [6.07, 6.45) is -10.6. The van der Waals surface area contributed by atoms with Gasteiger partial charge in [-0.3, -0.25) is 0 Å². The molecule has 0 spiro atoms. The maximum atomic E-state index is 12.8. The van der Waals surface area contributed by atoms with Gasteiger partial charge in [0.2, 0.25) is 0 Å². The highest BCUT2D eigenvalue weighted by Gasteiger charge is 2.43. The number of anilines is 1. The van der Waals surface area contributed by atoms with Gasteiger partial charge < -0.3 is 34.9 Å². The smallest absolute Gasteiger partial charge is 0.422 e. The number of aliphatic hydroxyl groups excluding tert-OH is 4. The Balaban J connectivity index is 1.89. The molecular weight excluding hydrogens is 375 g/mol. The fraction of sp³-hybridized carbons (Fsp3) is 0.438. The zero-order chi connectivity index (χ0) is 19.9. The van der Waals surface area contributed by atoms with Crippen LogP contribution < -0.4 is 10.9 Å². The van der Waals surface area contributed by atoms with Gasteiger partial charge in [-0.25, -0.2) is 4.79 Å². The van der Waals surface area contributed by atoms with E-state index in [2.05, 4.69) is 5.32 Å². The van der Waals surface area contributed by atoms with Crippen LogP contribution in [0.15, 0.2) is 33.5 Å². The highest BCUT2D eigenvalue weighted by molar-refractivity contribution is 5.81. The number of alkyl halides is 3. The SMILES string of the molecule is O=c1oc2cc(NC3C(O)OC(CO)[C@@H](O)C3O)ccc2cc1C(F)(F)F. The van der Waals surface area contributed by atoms with Crippen molar-refractivity contribution < 1.29 is 42.8 Å². The van der Waals surface area contributed by atoms with Gasteiger partial charge in [0.1, 0.15) is 35.5 Å². The first-order valence-corrected chi connectivity index (χ1v) is 7.84. The van der Waals surface area contributed by atoms with E-state index in [0.29, 0.717) is 6.07 Å². The van der Waals surface area contributed by atoms with E-state index in [9.17, 15) is 33.3 Å². The average molecular weight is 391 g/mol. The number of benzene rings is 1. The van der Waals surface area contributed by atoms with E-state index in [1.807, 2.05) is 0 Å². The minimum Gasteiger partial charge on any atom is -0.422 e. The van der Waals surface area contributed by atoms with E-state index in [0.717, 1.165) is 0 Å². The normalized spacial score (nSPS) is 29.1. The van der Waals surface area contributed by atoms with Crippen molar-refractivity contribution in [2.45, 2.75) is 36.8 Å². The first kappa shape index (κ1) is 19.6. The molecule has 2 aromatic rings. The van der Waals surface area contributed by atoms with E-state index < -0.39 is 54.6 Å². The highest BCUT2D eigenvalue weighted by Crippen LogP contribution is 2.30. The molecule has 4 unspecified atom stereocenters. The van der Waals surface area contributed by atoms with Crippen molar-refractivity contribution in [3.63, 3.8) is 0 Å². The van der Waals surface area contributed by atoms with E-state index in [1.54, 1.807) is 0 Å². The van der Waals surface area contributed by atoms with Crippen LogP contribution in [-0.2, 0) is 10.9 Å². The minimum absolute atomic E-state index is 0.0221. The summed E-state index contributed by atoms with van der Waals surface area (Å²) in [5.41, 5.74) is -2.94. The summed E-state index contributed by atoms with van der Waals surface area (Å²) in [6.45, 7) is -0.620. The van der Waals surface area contributed by atoms with Gasteiger partial charge in [0.25, 0.3) is 0 Å². The maximum absolute atomic E-state index is 12.8. The molecule has 3 rings (SSSR count). The van der Waals surface area contributed by atoms with Gasteiger partial charge in [0.15, 0.2) is 6.29 Å². The van der Waals surface area contributed by atoms with Gasteiger partial charge in [-0.05, 0) is 18.2 Å². The molecule has 5 atom stereocenters. The third kappa shape index (κ3) is 3.77. The molecule has 2 heterocycles. The quantitative estimate of drug-likeness (QED) is 0.463. The fourth-order valence-corrected chi connectivity index (χ4v) is 2.84. The van der Waals surface area contributed by atoms with Crippen LogP contribution in [0.3, 0.4) is 0 Å². The predicted molar refractivity (Wildman–Crippen MR) is 84.9 cm³/mol. The van der Waals surface area contributed by atoms with E-state index in [4.69, 9.17) is 14.3 Å². The van der Waals surface area contributed by atoms with Gasteiger partial charge in [-0.2, -0.15) is 13.2 Å². The Morgan fingerprint density at radius 1 is 1.11 bits per heavy atom. The number of aliphatic hydroxyl groups is 4. The number of fused-ring (bicyclic) bond motifs is 1. The Labute approximate surface area is 149 Å². The van der Waals surface area contributed by atoms with Gasteiger partial charge in [-0.1, -0.05) is 0 Å². The minimum atomic E-state index is -4.85. The molecule has 1 aromatic heterocycles. The van der Waals surface area contributed by atoms with Crippen molar-refractivity contribution in [1.29, 1.82) is 0 Å². The van der Waals surface area contributed by atoms with Crippen molar-refractivity contribution in [2.24, 2.45) is 0 Å². The Morgan fingerprint density at radius 2 is 1.81 bits per heavy atom. The molecule has 8 nitrogen and oxygen atoms in total. The number of hydrogen-bond donors (Lipinski definition) is 5. The Morgan fingerprint density at radius 3 is 2.44 bits per heavy atom. The molecule has 1 aromatic carbocycles. The molecule has 27 heavy (non-hydrogen) atoms. The molecule has 1 fully saturated rings. The second-order valence-electron chi connectivity index (χ2n) is 6.10. The van der Waals surface area contributed by atoms with Crippen LogP contribution in [0, 0.1) is 0 Å². The van der Waals surface area contributed by atoms with Crippen LogP contribution in [0.1, 0.15) is 5.56 Å². The van der Waals surface area contributed by atoms with Crippen LogP contribution in [0.2, 0.25) is 0 Å². The summed E-state index contributed by atoms with van der Waals surface area (Å²) in [4.78, 5) is 11.5. The summed E-state index contributed by atoms with van der Waals surface area (Å²) in [5, 5.41) is 41.6. The molecule has 1 aliphatic rings. The summed E-state index contributed by atoms with van der Waals surface area (Å²) >= 11 is 0. The average Bonchev–Trinajstić information content (AvgIpc) is 2.60. The molecule has 0 radical (unpaired) electrons. The first-order valence-electron chi connectivity index (χ1n) is 7.84. The molecule has 0 saturated carbocycles. The van der Waals surface area contributed by atoms with E-state index >= 15 is 0 Å². The van der Waals surface area contributed by atoms with Gasteiger partial charge in [-0.15, -0.1) is 0 Å². The summed E-state index contributed by atoms with van der Waals surface area (Å²) in [5.74, 6) is 0. The zero-order valence-electron chi connectivity index (χ0n) is 13.6. The van der Waals surface area contributed by atoms with Crippen molar-refractivity contribution in [3.8, 4) is 0 Å². The molecule has 0 bridgehead atoms. The number of hydrogen-bond acceptors (Lipinski definition) is 8. The third-order valence-electron chi connectivity index (χ3n) is 4.27. The lowest BCUT2D eigenvalue weighted by molar-refractivity contribution is -0.245. The molecular formula is C16H16F3NO7. The van der Waals surface area contributed by atoms with Crippen LogP contribution in [0.5, 0.6) is 0 Å². The second-order valence-corrected chi connectivity index (χ2v) is 6.10. The predicted octanol–water partition coefficient (Wildman–Crippen LogP) is 0.0236. The number of rotatable bonds is 3. The Kier molecular flexibility index (Phi) is 5.14. The van der Waals surface area contributed by atoms with Crippen LogP contribution in [-0.4, -0.2) is 57.7 Å². The lowest BCUT2D eigenvalue weighted by Crippen LogP contribution is -2.61. The van der Waals surface area contributed by atoms with Crippen molar-refractivity contribution in [3.05, 3.63) is 40.2 Å². The van der Waals surface area contributed by atoms with Crippen molar-refractivity contribution in [2.75, 3.05) is 11.9 Å². The van der Waals surface area contributed by atoms with Gasteiger partial charge in [0, 0.05) is 17.1 Å². The lowest BCUT2D eigenvalue weighted by Gasteiger charge is -2.40. The lowest BCUT2D eigenvalue weighted by atomic mass is 9.97. The molecule has 148 valence electrons. The van der Waals surface area contributed by atoms with E-state index in [1.165, 1.54) is 18.2 Å². The largest absolute Gasteiger partial charge is 0.423 e. The summed E-state index contributed by atoms with van der Waals surface area (Å²) in [6, 6.07) is 3.26. The second kappa shape index (κ2) is 7.09. The molecule has 0 amide bonds. The van der Waals surface area contributed by atoms with Crippen molar-refractivity contribution in [1.82, 2.24) is 0 Å². The number of nitrogens with one attached hydrogen (secondary N) is 1. The Hall–Kier alpha value is -2.18. The topological polar surface area (TPSA) is 132 Å². The highest BCUT2D eigenvalue weighted by atomic mass is 19.4. The molecule has 0 aliphatic carbocycles. The third-order valence-corrected chi connectivity index (χ3v) is 4.27. The molecule has 5 N–H and O–H groups in total. The van der Waals surface area contributed by atoms with Gasteiger partial charge >= 0.3 is 11.8 Å². The zero-order valence-corrected chi connectivity index (χ0v) is 13.6. The number of halogens is 3. The monoisotopic (exact) mass is 391 g/mol. The fourth-order valence-electron chi connectivity index (χ4n) is 2.84. The summed E-state index contributed by atoms with van der Waals surface area (Å²) in [7, 11) is 0. The van der Waals surface area contributed by atoms with E-state index in [-0.39, 0.29) is 16.7 Å². The van der Waals surface area contributed by atoms with Crippen LogP contribution in [0.4, 0.5) is 18.9 Å². The van der Waals surface area contributed by atoms with Gasteiger partial charge in [0.05, 0.1) is 6.61 Å². The summed E-state index contributed by atoms with van der Waals surface area (Å²) < 4.78 is 48.0. The molecule has 1 aliphatic heterocycles. The standard InChI is InChI=1S/C16H16F3NO7/c17-16(18,19)8-3-6-1-2-7(4-9(6)26-14(8)24)20-11-13(23)12(22)10(5-21)27-15(11)25/h1-4,10-13,15,20-23,25H,5H2/t10?,11?,12-,13?,15?/m1/s1. The van der Waals surface area contributed by atoms with Crippen molar-refractivity contribution >= 4 is 16.7 Å². The molecule has 11 heteroatoms. The maximum Gasteiger partial charge on any atom is 0.423 e. The molecule has 1 saturated heterocycles. The number of ether oxygens (including phenoxy) is 1. The van der Waals surface area contributed by atoms with Crippen LogP contribution in [0.25, 0.3) is 11.0 Å². The Bertz CT molecular complexity index is 884. The van der Waals surface area contributed by atoms with Crippen LogP contribution >= 0.6 is 0 Å². The first-order chi connectivity index (χ1) is 12.6.